The number of nitrogens with one attached hydrogen (secondary N) is 1. The van der Waals surface area contributed by atoms with Crippen LogP contribution in [-0.4, -0.2) is 17.8 Å². The Balaban J connectivity index is 1.98. The van der Waals surface area contributed by atoms with Crippen LogP contribution in [0.2, 0.25) is 0 Å². The van der Waals surface area contributed by atoms with Gasteiger partial charge in [0.05, 0.1) is 5.69 Å². The lowest BCUT2D eigenvalue weighted by atomic mass is 10.0. The van der Waals surface area contributed by atoms with Crippen molar-refractivity contribution in [1.29, 1.82) is 0 Å². The molecule has 0 aromatic heterocycles. The van der Waals surface area contributed by atoms with Crippen LogP contribution in [0, 0.1) is 5.82 Å². The van der Waals surface area contributed by atoms with Crippen LogP contribution in [0.3, 0.4) is 0 Å². The molecule has 6 heteroatoms. The van der Waals surface area contributed by atoms with Crippen molar-refractivity contribution in [3.05, 3.63) is 71.0 Å². The zero-order valence-electron chi connectivity index (χ0n) is 14.3. The van der Waals surface area contributed by atoms with E-state index in [4.69, 9.17) is 0 Å². The van der Waals surface area contributed by atoms with Gasteiger partial charge in [0, 0.05) is 0 Å². The van der Waals surface area contributed by atoms with Crippen molar-refractivity contribution in [1.82, 2.24) is 5.32 Å². The fraction of sp³-hybridized carbons (Fsp3) is 0.150. The van der Waals surface area contributed by atoms with Crippen molar-refractivity contribution in [2.45, 2.75) is 19.8 Å². The third-order valence-corrected chi connectivity index (χ3v) is 4.08. The molecule has 0 radical (unpaired) electrons. The third-order valence-electron chi connectivity index (χ3n) is 4.08. The first kappa shape index (κ1) is 17.5. The van der Waals surface area contributed by atoms with Crippen LogP contribution in [0.1, 0.15) is 30.9 Å². The van der Waals surface area contributed by atoms with Gasteiger partial charge in [0.2, 0.25) is 0 Å². The van der Waals surface area contributed by atoms with Gasteiger partial charge in [-0.25, -0.2) is 14.1 Å². The number of imide groups is 2. The van der Waals surface area contributed by atoms with Gasteiger partial charge in [-0.15, -0.1) is 0 Å². The fourth-order valence-electron chi connectivity index (χ4n) is 2.66. The van der Waals surface area contributed by atoms with Gasteiger partial charge in [0.15, 0.2) is 0 Å². The van der Waals surface area contributed by atoms with E-state index in [1.807, 2.05) is 26.0 Å². The summed E-state index contributed by atoms with van der Waals surface area (Å²) in [6.45, 7) is 4.07. The van der Waals surface area contributed by atoms with Crippen LogP contribution < -0.4 is 10.2 Å². The Hall–Kier alpha value is -3.28. The molecule has 1 heterocycles. The van der Waals surface area contributed by atoms with Crippen LogP contribution >= 0.6 is 0 Å². The highest BCUT2D eigenvalue weighted by atomic mass is 19.1. The molecule has 0 unspecified atom stereocenters. The summed E-state index contributed by atoms with van der Waals surface area (Å²) in [5.74, 6) is -1.74. The molecule has 4 amide bonds. The quantitative estimate of drug-likeness (QED) is 0.678. The van der Waals surface area contributed by atoms with Crippen LogP contribution in [0.4, 0.5) is 14.9 Å². The van der Waals surface area contributed by atoms with Crippen molar-refractivity contribution in [2.75, 3.05) is 4.90 Å². The van der Waals surface area contributed by atoms with E-state index in [0.717, 1.165) is 10.5 Å². The van der Waals surface area contributed by atoms with Crippen LogP contribution in [0.25, 0.3) is 6.08 Å². The van der Waals surface area contributed by atoms with E-state index in [1.165, 1.54) is 24.3 Å². The van der Waals surface area contributed by atoms with Gasteiger partial charge in [-0.3, -0.25) is 14.9 Å². The fourth-order valence-corrected chi connectivity index (χ4v) is 2.66. The summed E-state index contributed by atoms with van der Waals surface area (Å²) in [4.78, 5) is 37.9. The molecular weight excluding hydrogens is 335 g/mol. The largest absolute Gasteiger partial charge is 0.335 e. The van der Waals surface area contributed by atoms with Crippen LogP contribution in [0.5, 0.6) is 0 Å². The lowest BCUT2D eigenvalue weighted by Gasteiger charge is -2.26. The highest BCUT2D eigenvalue weighted by molar-refractivity contribution is 6.39. The number of anilines is 1. The van der Waals surface area contributed by atoms with Crippen molar-refractivity contribution >= 4 is 29.6 Å². The zero-order valence-corrected chi connectivity index (χ0v) is 14.3. The number of carbonyl (C=O) groups is 3. The maximum absolute atomic E-state index is 13.3. The summed E-state index contributed by atoms with van der Waals surface area (Å²) >= 11 is 0. The number of halogens is 1. The first-order valence-corrected chi connectivity index (χ1v) is 8.14. The molecule has 1 saturated heterocycles. The summed E-state index contributed by atoms with van der Waals surface area (Å²) in [7, 11) is 0. The minimum absolute atomic E-state index is 0.233. The molecule has 1 aliphatic heterocycles. The van der Waals surface area contributed by atoms with Crippen molar-refractivity contribution < 1.29 is 18.8 Å². The highest BCUT2D eigenvalue weighted by Crippen LogP contribution is 2.24. The number of hydrogen-bond acceptors (Lipinski definition) is 3. The normalized spacial score (nSPS) is 16.4. The molecule has 0 aliphatic carbocycles. The number of amides is 4. The molecule has 0 spiro atoms. The summed E-state index contributed by atoms with van der Waals surface area (Å²) < 4.78 is 13.3. The number of urea groups is 1. The van der Waals surface area contributed by atoms with E-state index in [9.17, 15) is 18.8 Å². The van der Waals surface area contributed by atoms with Gasteiger partial charge in [-0.05, 0) is 47.4 Å². The van der Waals surface area contributed by atoms with Crippen molar-refractivity contribution in [3.63, 3.8) is 0 Å². The molecule has 3 rings (SSSR count). The monoisotopic (exact) mass is 352 g/mol. The van der Waals surface area contributed by atoms with E-state index in [0.29, 0.717) is 17.2 Å². The Kier molecular flexibility index (Phi) is 4.67. The second kappa shape index (κ2) is 6.92. The lowest BCUT2D eigenvalue weighted by molar-refractivity contribution is -0.122. The molecule has 2 aromatic rings. The van der Waals surface area contributed by atoms with Gasteiger partial charge in [0.1, 0.15) is 11.4 Å². The standard InChI is InChI=1S/C20H17FN2O3/c1-12(2)14-6-8-16(9-7-14)23-19(25)17(18(24)22-20(23)26)11-13-4-3-5-15(21)10-13/h3-12H,1-2H3,(H,22,24,26)/b17-11-. The van der Waals surface area contributed by atoms with Crippen LogP contribution in [0.15, 0.2) is 54.1 Å². The highest BCUT2D eigenvalue weighted by Gasteiger charge is 2.36. The number of rotatable bonds is 3. The van der Waals surface area contributed by atoms with E-state index < -0.39 is 23.7 Å². The predicted molar refractivity (Wildman–Crippen MR) is 95.9 cm³/mol. The molecular formula is C20H17FN2O3. The predicted octanol–water partition coefficient (Wildman–Crippen LogP) is 3.62. The van der Waals surface area contributed by atoms with Crippen molar-refractivity contribution in [2.24, 2.45) is 0 Å². The second-order valence-corrected chi connectivity index (χ2v) is 6.26. The summed E-state index contributed by atoms with van der Waals surface area (Å²) in [6, 6.07) is 11.6. The summed E-state index contributed by atoms with van der Waals surface area (Å²) in [5.41, 5.74) is 1.54. The molecule has 5 nitrogen and oxygen atoms in total. The number of carbonyl (C=O) groups excluding carboxylic acids is 3. The SMILES string of the molecule is CC(C)c1ccc(N2C(=O)NC(=O)/C(=C/c3cccc(F)c3)C2=O)cc1. The van der Waals surface area contributed by atoms with Gasteiger partial charge in [-0.2, -0.15) is 0 Å². The Morgan fingerprint density at radius 3 is 2.35 bits per heavy atom. The van der Waals surface area contributed by atoms with Crippen LogP contribution in [-0.2, 0) is 9.59 Å². The van der Waals surface area contributed by atoms with E-state index in [2.05, 4.69) is 5.32 Å². The smallest absolute Gasteiger partial charge is 0.273 e. The van der Waals surface area contributed by atoms with E-state index in [1.54, 1.807) is 18.2 Å². The van der Waals surface area contributed by atoms with Gasteiger partial charge >= 0.3 is 6.03 Å². The average molecular weight is 352 g/mol. The Labute approximate surface area is 150 Å². The zero-order chi connectivity index (χ0) is 18.8. The average Bonchev–Trinajstić information content (AvgIpc) is 2.59. The number of barbiturate groups is 1. The topological polar surface area (TPSA) is 66.5 Å². The molecule has 0 saturated carbocycles. The van der Waals surface area contributed by atoms with Crippen molar-refractivity contribution in [3.8, 4) is 0 Å². The Bertz CT molecular complexity index is 917. The minimum Gasteiger partial charge on any atom is -0.273 e. The molecule has 26 heavy (non-hydrogen) atoms. The molecule has 1 fully saturated rings. The molecule has 2 aromatic carbocycles. The third kappa shape index (κ3) is 3.39. The maximum Gasteiger partial charge on any atom is 0.335 e. The summed E-state index contributed by atoms with van der Waals surface area (Å²) in [5, 5.41) is 2.15. The molecule has 0 atom stereocenters. The molecule has 132 valence electrons. The van der Waals surface area contributed by atoms with Gasteiger partial charge in [0.25, 0.3) is 11.8 Å². The second-order valence-electron chi connectivity index (χ2n) is 6.26. The molecule has 1 N–H and O–H groups in total. The van der Waals surface area contributed by atoms with E-state index in [-0.39, 0.29) is 5.57 Å². The van der Waals surface area contributed by atoms with E-state index >= 15 is 0 Å². The summed E-state index contributed by atoms with van der Waals surface area (Å²) in [6.07, 6.45) is 1.27. The molecule has 1 aliphatic rings. The lowest BCUT2D eigenvalue weighted by Crippen LogP contribution is -2.54. The van der Waals surface area contributed by atoms with Gasteiger partial charge in [-0.1, -0.05) is 38.1 Å². The minimum atomic E-state index is -0.811. The maximum atomic E-state index is 13.3. The number of benzene rings is 2. The number of nitrogens with zero attached hydrogens (tertiary/aromatic N) is 1. The number of hydrogen-bond donors (Lipinski definition) is 1. The Morgan fingerprint density at radius 1 is 1.04 bits per heavy atom. The van der Waals surface area contributed by atoms with Gasteiger partial charge < -0.3 is 0 Å². The Morgan fingerprint density at radius 2 is 1.73 bits per heavy atom. The first-order valence-electron chi connectivity index (χ1n) is 8.14. The first-order chi connectivity index (χ1) is 12.4. The molecule has 0 bridgehead atoms.